The second-order valence-electron chi connectivity index (χ2n) is 4.92. The molecule has 22 heavy (non-hydrogen) atoms. The van der Waals surface area contributed by atoms with E-state index in [1.807, 2.05) is 4.90 Å². The number of hydrogen-bond acceptors (Lipinski definition) is 4. The van der Waals surface area contributed by atoms with Crippen molar-refractivity contribution in [2.24, 2.45) is 11.7 Å². The Morgan fingerprint density at radius 2 is 2.00 bits per heavy atom. The van der Waals surface area contributed by atoms with E-state index >= 15 is 0 Å². The number of nitrogens with zero attached hydrogens (tertiary/aromatic N) is 1. The van der Waals surface area contributed by atoms with E-state index in [1.54, 1.807) is 13.0 Å². The number of amides is 1. The third kappa shape index (κ3) is 5.61. The molecule has 3 N–H and O–H groups in total. The number of anilines is 2. The van der Waals surface area contributed by atoms with E-state index in [0.29, 0.717) is 18.9 Å². The first kappa shape index (κ1) is 20.9. The normalized spacial score (nSPS) is 15.3. The molecule has 1 saturated heterocycles. The zero-order valence-corrected chi connectivity index (χ0v) is 14.0. The van der Waals surface area contributed by atoms with Crippen molar-refractivity contribution in [3.63, 3.8) is 0 Å². The molecule has 1 atom stereocenters. The molecular formula is C14H22Cl2FN3O2. The Labute approximate surface area is 142 Å². The maximum atomic E-state index is 13.7. The highest BCUT2D eigenvalue weighted by atomic mass is 35.5. The van der Waals surface area contributed by atoms with Crippen LogP contribution in [-0.4, -0.2) is 38.8 Å². The second kappa shape index (κ2) is 9.84. The number of nitrogens with two attached hydrogens (primary N) is 1. The molecule has 5 nitrogen and oxygen atoms in total. The first-order valence-corrected chi connectivity index (χ1v) is 6.74. The molecule has 1 aromatic carbocycles. The number of hydrogen-bond donors (Lipinski definition) is 2. The Bertz CT molecular complexity index is 485. The topological polar surface area (TPSA) is 67.6 Å². The minimum Gasteiger partial charge on any atom is -0.378 e. The van der Waals surface area contributed by atoms with Gasteiger partial charge in [0.05, 0.1) is 13.2 Å². The van der Waals surface area contributed by atoms with Gasteiger partial charge in [0.1, 0.15) is 5.82 Å². The first-order valence-electron chi connectivity index (χ1n) is 6.74. The highest BCUT2D eigenvalue weighted by Crippen LogP contribution is 2.23. The van der Waals surface area contributed by atoms with Crippen LogP contribution < -0.4 is 16.0 Å². The maximum absolute atomic E-state index is 13.7. The van der Waals surface area contributed by atoms with Crippen LogP contribution in [0.25, 0.3) is 0 Å². The zero-order chi connectivity index (χ0) is 14.5. The number of morpholine rings is 1. The van der Waals surface area contributed by atoms with Crippen LogP contribution in [0.15, 0.2) is 18.2 Å². The number of rotatable bonds is 4. The van der Waals surface area contributed by atoms with Gasteiger partial charge in [0.2, 0.25) is 5.91 Å². The van der Waals surface area contributed by atoms with Gasteiger partial charge in [-0.05, 0) is 18.2 Å². The molecule has 1 unspecified atom stereocenters. The quantitative estimate of drug-likeness (QED) is 0.868. The number of halogens is 3. The lowest BCUT2D eigenvalue weighted by molar-refractivity contribution is -0.119. The van der Waals surface area contributed by atoms with Gasteiger partial charge in [0.15, 0.2) is 0 Å². The Balaban J connectivity index is 0.00000220. The average molecular weight is 354 g/mol. The molecule has 1 aliphatic heterocycles. The van der Waals surface area contributed by atoms with E-state index < -0.39 is 0 Å². The van der Waals surface area contributed by atoms with Gasteiger partial charge < -0.3 is 20.7 Å². The van der Waals surface area contributed by atoms with Crippen molar-refractivity contribution in [2.75, 3.05) is 43.1 Å². The molecule has 2 rings (SSSR count). The average Bonchev–Trinajstić information content (AvgIpc) is 2.46. The minimum atomic E-state index is -0.371. The fraction of sp³-hybridized carbons (Fsp3) is 0.500. The molecule has 1 heterocycles. The van der Waals surface area contributed by atoms with Gasteiger partial charge in [-0.15, -0.1) is 24.8 Å². The van der Waals surface area contributed by atoms with Crippen LogP contribution in [0.4, 0.5) is 15.8 Å². The van der Waals surface area contributed by atoms with E-state index in [2.05, 4.69) is 5.32 Å². The standard InChI is InChI=1S/C14H20FN3O2.2ClH/c1-10(9-16)14(19)17-12-6-11(15)7-13(8-12)18-2-4-20-5-3-18;;/h6-8,10H,2-5,9,16H2,1H3,(H,17,19);2*1H. The highest BCUT2D eigenvalue weighted by Gasteiger charge is 2.15. The van der Waals surface area contributed by atoms with Crippen LogP contribution in [0.5, 0.6) is 0 Å². The van der Waals surface area contributed by atoms with Gasteiger partial charge in [-0.2, -0.15) is 0 Å². The molecule has 0 spiro atoms. The molecule has 0 saturated carbocycles. The van der Waals surface area contributed by atoms with E-state index in [9.17, 15) is 9.18 Å². The molecule has 0 radical (unpaired) electrons. The van der Waals surface area contributed by atoms with Crippen LogP contribution in [0, 0.1) is 11.7 Å². The van der Waals surface area contributed by atoms with Crippen LogP contribution >= 0.6 is 24.8 Å². The molecule has 1 amide bonds. The highest BCUT2D eigenvalue weighted by molar-refractivity contribution is 5.93. The van der Waals surface area contributed by atoms with Crippen LogP contribution in [0.3, 0.4) is 0 Å². The molecule has 0 bridgehead atoms. The summed E-state index contributed by atoms with van der Waals surface area (Å²) in [5.41, 5.74) is 6.66. The van der Waals surface area contributed by atoms with Gasteiger partial charge in [0.25, 0.3) is 0 Å². The van der Waals surface area contributed by atoms with Gasteiger partial charge in [-0.3, -0.25) is 4.79 Å². The molecule has 8 heteroatoms. The van der Waals surface area contributed by atoms with Crippen molar-refractivity contribution < 1.29 is 13.9 Å². The fourth-order valence-electron chi connectivity index (χ4n) is 2.02. The maximum Gasteiger partial charge on any atom is 0.228 e. The van der Waals surface area contributed by atoms with Gasteiger partial charge in [0, 0.05) is 36.9 Å². The summed E-state index contributed by atoms with van der Waals surface area (Å²) in [5.74, 6) is -0.874. The predicted molar refractivity (Wildman–Crippen MR) is 90.8 cm³/mol. The summed E-state index contributed by atoms with van der Waals surface area (Å²) in [5, 5.41) is 2.70. The van der Waals surface area contributed by atoms with Gasteiger partial charge >= 0.3 is 0 Å². The summed E-state index contributed by atoms with van der Waals surface area (Å²) in [6.07, 6.45) is 0. The SMILES string of the molecule is CC(CN)C(=O)Nc1cc(F)cc(N2CCOCC2)c1.Cl.Cl. The summed E-state index contributed by atoms with van der Waals surface area (Å²) in [7, 11) is 0. The summed E-state index contributed by atoms with van der Waals surface area (Å²) in [6, 6.07) is 4.55. The van der Waals surface area contributed by atoms with Crippen molar-refractivity contribution in [1.29, 1.82) is 0 Å². The second-order valence-corrected chi connectivity index (χ2v) is 4.92. The Kier molecular flexibility index (Phi) is 9.36. The largest absolute Gasteiger partial charge is 0.378 e. The lowest BCUT2D eigenvalue weighted by Gasteiger charge is -2.29. The van der Waals surface area contributed by atoms with E-state index in [1.165, 1.54) is 12.1 Å². The van der Waals surface area contributed by atoms with Crippen molar-refractivity contribution in [1.82, 2.24) is 0 Å². The molecule has 126 valence electrons. The molecular weight excluding hydrogens is 332 g/mol. The van der Waals surface area contributed by atoms with Crippen molar-refractivity contribution in [3.05, 3.63) is 24.0 Å². The number of ether oxygens (including phenoxy) is 1. The van der Waals surface area contributed by atoms with Gasteiger partial charge in [-0.1, -0.05) is 6.92 Å². The predicted octanol–water partition coefficient (Wildman–Crippen LogP) is 2.04. The monoisotopic (exact) mass is 353 g/mol. The summed E-state index contributed by atoms with van der Waals surface area (Å²) >= 11 is 0. The molecule has 0 aromatic heterocycles. The third-order valence-corrected chi connectivity index (χ3v) is 3.33. The Hall–Kier alpha value is -1.08. The van der Waals surface area contributed by atoms with Crippen molar-refractivity contribution >= 4 is 42.1 Å². The van der Waals surface area contributed by atoms with E-state index in [0.717, 1.165) is 18.8 Å². The minimum absolute atomic E-state index is 0. The summed E-state index contributed by atoms with van der Waals surface area (Å²) < 4.78 is 19.0. The van der Waals surface area contributed by atoms with Crippen molar-refractivity contribution in [3.8, 4) is 0 Å². The van der Waals surface area contributed by atoms with Crippen LogP contribution in [0.1, 0.15) is 6.92 Å². The smallest absolute Gasteiger partial charge is 0.228 e. The number of nitrogens with one attached hydrogen (secondary N) is 1. The van der Waals surface area contributed by atoms with Gasteiger partial charge in [-0.25, -0.2) is 4.39 Å². The Morgan fingerprint density at radius 3 is 2.59 bits per heavy atom. The zero-order valence-electron chi connectivity index (χ0n) is 12.4. The fourth-order valence-corrected chi connectivity index (χ4v) is 2.02. The van der Waals surface area contributed by atoms with Crippen LogP contribution in [0.2, 0.25) is 0 Å². The molecule has 1 fully saturated rings. The van der Waals surface area contributed by atoms with E-state index in [-0.39, 0.29) is 49.0 Å². The molecule has 1 aromatic rings. The lowest BCUT2D eigenvalue weighted by Crippen LogP contribution is -2.36. The van der Waals surface area contributed by atoms with E-state index in [4.69, 9.17) is 10.5 Å². The first-order chi connectivity index (χ1) is 9.60. The van der Waals surface area contributed by atoms with Crippen LogP contribution in [-0.2, 0) is 9.53 Å². The summed E-state index contributed by atoms with van der Waals surface area (Å²) in [6.45, 7) is 4.69. The number of carbonyl (C=O) groups excluding carboxylic acids is 1. The molecule has 1 aliphatic rings. The number of carbonyl (C=O) groups is 1. The number of benzene rings is 1. The van der Waals surface area contributed by atoms with Crippen molar-refractivity contribution in [2.45, 2.75) is 6.92 Å². The molecule has 0 aliphatic carbocycles. The lowest BCUT2D eigenvalue weighted by atomic mass is 10.1. The third-order valence-electron chi connectivity index (χ3n) is 3.33. The Morgan fingerprint density at radius 1 is 1.36 bits per heavy atom. The summed E-state index contributed by atoms with van der Waals surface area (Å²) in [4.78, 5) is 13.8.